The van der Waals surface area contributed by atoms with Crippen LogP contribution in [0.2, 0.25) is 0 Å². The molecule has 8 nitrogen and oxygen atoms in total. The van der Waals surface area contributed by atoms with E-state index < -0.39 is 4.92 Å². The average molecular weight is 378 g/mol. The van der Waals surface area contributed by atoms with Crippen LogP contribution in [0.4, 0.5) is 11.6 Å². The lowest BCUT2D eigenvalue weighted by atomic mass is 9.96. The molecule has 0 radical (unpaired) electrons. The maximum Gasteiger partial charge on any atom is 0.269 e. The Morgan fingerprint density at radius 1 is 1.14 bits per heavy atom. The zero-order valence-electron chi connectivity index (χ0n) is 15.7. The van der Waals surface area contributed by atoms with Crippen molar-refractivity contribution in [2.75, 3.05) is 5.32 Å². The van der Waals surface area contributed by atoms with E-state index in [0.29, 0.717) is 12.0 Å². The summed E-state index contributed by atoms with van der Waals surface area (Å²) in [6.07, 6.45) is 9.77. The van der Waals surface area contributed by atoms with Crippen LogP contribution >= 0.6 is 0 Å². The van der Waals surface area contributed by atoms with Crippen molar-refractivity contribution in [1.82, 2.24) is 19.7 Å². The number of hydrogen-bond donors (Lipinski definition) is 1. The second-order valence-electron chi connectivity index (χ2n) is 7.09. The van der Waals surface area contributed by atoms with E-state index >= 15 is 0 Å². The lowest BCUT2D eigenvalue weighted by molar-refractivity contribution is -0.384. The van der Waals surface area contributed by atoms with Crippen LogP contribution in [0.3, 0.4) is 0 Å². The first-order chi connectivity index (χ1) is 13.6. The maximum atomic E-state index is 10.8. The molecule has 1 N–H and O–H groups in total. The Balaban J connectivity index is 1.57. The summed E-state index contributed by atoms with van der Waals surface area (Å²) in [5.74, 6) is 0.645. The van der Waals surface area contributed by atoms with E-state index in [4.69, 9.17) is 0 Å². The van der Waals surface area contributed by atoms with E-state index in [0.717, 1.165) is 35.5 Å². The molecule has 2 heterocycles. The summed E-state index contributed by atoms with van der Waals surface area (Å²) in [6, 6.07) is 8.63. The van der Waals surface area contributed by atoms with Crippen molar-refractivity contribution in [1.29, 1.82) is 0 Å². The molecule has 8 heteroatoms. The van der Waals surface area contributed by atoms with Gasteiger partial charge in [-0.1, -0.05) is 19.3 Å². The van der Waals surface area contributed by atoms with Gasteiger partial charge >= 0.3 is 0 Å². The smallest absolute Gasteiger partial charge is 0.269 e. The lowest BCUT2D eigenvalue weighted by Gasteiger charge is -2.22. The number of nitro groups is 1. The van der Waals surface area contributed by atoms with Gasteiger partial charge in [-0.05, 0) is 38.0 Å². The molecule has 0 unspecified atom stereocenters. The number of nitrogens with one attached hydrogen (secondary N) is 1. The number of aryl methyl sites for hydroxylation is 1. The fourth-order valence-corrected chi connectivity index (χ4v) is 3.58. The van der Waals surface area contributed by atoms with Crippen molar-refractivity contribution in [3.8, 4) is 16.9 Å². The minimum atomic E-state index is -0.411. The van der Waals surface area contributed by atoms with Crippen molar-refractivity contribution in [2.45, 2.75) is 45.1 Å². The van der Waals surface area contributed by atoms with Gasteiger partial charge in [0, 0.05) is 36.1 Å². The van der Waals surface area contributed by atoms with Gasteiger partial charge in [0.15, 0.2) is 0 Å². The van der Waals surface area contributed by atoms with E-state index in [1.165, 1.54) is 31.4 Å². The van der Waals surface area contributed by atoms with Crippen molar-refractivity contribution in [2.24, 2.45) is 0 Å². The van der Waals surface area contributed by atoms with Gasteiger partial charge in [0.1, 0.15) is 0 Å². The van der Waals surface area contributed by atoms with Crippen LogP contribution in [0.1, 0.15) is 37.8 Å². The van der Waals surface area contributed by atoms with Crippen molar-refractivity contribution in [3.05, 3.63) is 58.5 Å². The molecule has 1 aromatic carbocycles. The van der Waals surface area contributed by atoms with Gasteiger partial charge in [-0.3, -0.25) is 10.1 Å². The number of nitro benzene ring substituents is 1. The first-order valence-corrected chi connectivity index (χ1v) is 9.51. The quantitative estimate of drug-likeness (QED) is 0.525. The summed E-state index contributed by atoms with van der Waals surface area (Å²) >= 11 is 0. The molecular weight excluding hydrogens is 356 g/mol. The van der Waals surface area contributed by atoms with E-state index in [9.17, 15) is 10.1 Å². The van der Waals surface area contributed by atoms with Crippen LogP contribution in [0.25, 0.3) is 16.9 Å². The molecule has 0 aliphatic heterocycles. The Morgan fingerprint density at radius 2 is 1.89 bits per heavy atom. The molecule has 0 saturated heterocycles. The fraction of sp³-hybridized carbons (Fsp3) is 0.350. The highest BCUT2D eigenvalue weighted by Crippen LogP contribution is 2.25. The summed E-state index contributed by atoms with van der Waals surface area (Å²) in [5.41, 5.74) is 3.36. The molecule has 1 fully saturated rings. The van der Waals surface area contributed by atoms with E-state index in [2.05, 4.69) is 20.4 Å². The molecule has 1 aliphatic rings. The average Bonchev–Trinajstić information content (AvgIpc) is 3.11. The fourth-order valence-electron chi connectivity index (χ4n) is 3.58. The van der Waals surface area contributed by atoms with Crippen LogP contribution in [0, 0.1) is 17.0 Å². The zero-order chi connectivity index (χ0) is 19.5. The van der Waals surface area contributed by atoms with Crippen LogP contribution in [-0.2, 0) is 0 Å². The molecule has 28 heavy (non-hydrogen) atoms. The highest BCUT2D eigenvalue weighted by molar-refractivity contribution is 5.62. The highest BCUT2D eigenvalue weighted by Gasteiger charge is 2.16. The summed E-state index contributed by atoms with van der Waals surface area (Å²) in [7, 11) is 0. The standard InChI is InChI=1S/C20H22N6O2/c1-14-18(13-25(24-14)16-7-9-17(10-8-16)26(27)28)19-11-12-21-20(23-19)22-15-5-3-2-4-6-15/h7-13,15H,2-6H2,1H3,(H,21,22,23). The molecule has 144 valence electrons. The first kappa shape index (κ1) is 18.1. The van der Waals surface area contributed by atoms with Gasteiger partial charge in [-0.2, -0.15) is 5.10 Å². The molecule has 0 spiro atoms. The Labute approximate surface area is 162 Å². The van der Waals surface area contributed by atoms with E-state index in [1.54, 1.807) is 23.0 Å². The Bertz CT molecular complexity index is 977. The molecule has 4 rings (SSSR count). The minimum absolute atomic E-state index is 0.0575. The third-order valence-electron chi connectivity index (χ3n) is 5.09. The molecule has 0 amide bonds. The molecule has 0 bridgehead atoms. The second kappa shape index (κ2) is 7.75. The molecule has 0 atom stereocenters. The molecule has 3 aromatic rings. The monoisotopic (exact) mass is 378 g/mol. The summed E-state index contributed by atoms with van der Waals surface area (Å²) in [6.45, 7) is 1.92. The Morgan fingerprint density at radius 3 is 2.61 bits per heavy atom. The van der Waals surface area contributed by atoms with Crippen LogP contribution in [0.5, 0.6) is 0 Å². The second-order valence-corrected chi connectivity index (χ2v) is 7.09. The number of nitrogens with zero attached hydrogens (tertiary/aromatic N) is 5. The number of hydrogen-bond acceptors (Lipinski definition) is 6. The van der Waals surface area contributed by atoms with Crippen molar-refractivity contribution in [3.63, 3.8) is 0 Å². The van der Waals surface area contributed by atoms with E-state index in [1.807, 2.05) is 19.2 Å². The van der Waals surface area contributed by atoms with Crippen LogP contribution in [-0.4, -0.2) is 30.7 Å². The van der Waals surface area contributed by atoms with E-state index in [-0.39, 0.29) is 5.69 Å². The molecule has 1 aliphatic carbocycles. The Hall–Kier alpha value is -3.29. The summed E-state index contributed by atoms with van der Waals surface area (Å²) in [5, 5.41) is 18.8. The summed E-state index contributed by atoms with van der Waals surface area (Å²) in [4.78, 5) is 19.5. The van der Waals surface area contributed by atoms with Crippen molar-refractivity contribution < 1.29 is 4.92 Å². The van der Waals surface area contributed by atoms with Gasteiger partial charge in [0.2, 0.25) is 5.95 Å². The van der Waals surface area contributed by atoms with Gasteiger partial charge in [0.05, 0.1) is 22.0 Å². The zero-order valence-corrected chi connectivity index (χ0v) is 15.7. The maximum absolute atomic E-state index is 10.8. The van der Waals surface area contributed by atoms with Gasteiger partial charge < -0.3 is 5.32 Å². The number of anilines is 1. The third kappa shape index (κ3) is 3.85. The minimum Gasteiger partial charge on any atom is -0.351 e. The molecule has 2 aromatic heterocycles. The summed E-state index contributed by atoms with van der Waals surface area (Å²) < 4.78 is 1.71. The Kier molecular flexibility index (Phi) is 5.01. The molecule has 1 saturated carbocycles. The highest BCUT2D eigenvalue weighted by atomic mass is 16.6. The predicted molar refractivity (Wildman–Crippen MR) is 106 cm³/mol. The number of aromatic nitrogens is 4. The topological polar surface area (TPSA) is 98.8 Å². The largest absolute Gasteiger partial charge is 0.351 e. The van der Waals surface area contributed by atoms with Crippen molar-refractivity contribution >= 4 is 11.6 Å². The van der Waals surface area contributed by atoms with Crippen LogP contribution in [0.15, 0.2) is 42.7 Å². The first-order valence-electron chi connectivity index (χ1n) is 9.51. The lowest BCUT2D eigenvalue weighted by Crippen LogP contribution is -2.23. The third-order valence-corrected chi connectivity index (χ3v) is 5.09. The van der Waals surface area contributed by atoms with Gasteiger partial charge in [0.25, 0.3) is 5.69 Å². The number of rotatable bonds is 5. The SMILES string of the molecule is Cc1nn(-c2ccc([N+](=O)[O-])cc2)cc1-c1ccnc(NC2CCCCC2)n1. The number of benzene rings is 1. The normalized spacial score (nSPS) is 14.8. The predicted octanol–water partition coefficient (Wildman–Crippen LogP) is 4.29. The number of non-ortho nitro benzene ring substituents is 1. The van der Waals surface area contributed by atoms with Gasteiger partial charge in [-0.25, -0.2) is 14.6 Å². The molecular formula is C20H22N6O2. The van der Waals surface area contributed by atoms with Gasteiger partial charge in [-0.15, -0.1) is 0 Å². The van der Waals surface area contributed by atoms with Crippen LogP contribution < -0.4 is 5.32 Å².